The van der Waals surface area contributed by atoms with Crippen LogP contribution in [0.3, 0.4) is 0 Å². The minimum Gasteiger partial charge on any atom is -0.356 e. The van der Waals surface area contributed by atoms with Crippen LogP contribution in [0.1, 0.15) is 57.6 Å². The first kappa shape index (κ1) is 16.5. The monoisotopic (exact) mass is 318 g/mol. The van der Waals surface area contributed by atoms with Crippen LogP contribution in [0.2, 0.25) is 0 Å². The second kappa shape index (κ2) is 7.47. The number of nitrogens with one attached hydrogen (secondary N) is 1. The maximum Gasteiger partial charge on any atom is 0.224 e. The molecule has 128 valence electrons. The van der Waals surface area contributed by atoms with Crippen molar-refractivity contribution in [2.24, 2.45) is 5.92 Å². The normalized spacial score (nSPS) is 22.5. The fourth-order valence-electron chi connectivity index (χ4n) is 3.53. The smallest absolute Gasteiger partial charge is 0.224 e. The summed E-state index contributed by atoms with van der Waals surface area (Å²) in [6, 6.07) is 2.67. The molecule has 23 heavy (non-hydrogen) atoms. The maximum atomic E-state index is 12.4. The van der Waals surface area contributed by atoms with E-state index < -0.39 is 0 Å². The maximum absolute atomic E-state index is 12.4. The summed E-state index contributed by atoms with van der Waals surface area (Å²) in [5.41, 5.74) is 1.37. The summed E-state index contributed by atoms with van der Waals surface area (Å²) >= 11 is 0. The number of carbonyl (C=O) groups excluding carboxylic acids is 1. The standard InChI is InChI=1S/C18H30N4O/c1-14(2)21-11-3-5-16(13-21)18(23)19-9-4-12-22-17(8-10-20-22)15-6-7-15/h8,10,14-16H,3-7,9,11-13H2,1-2H3,(H,19,23). The summed E-state index contributed by atoms with van der Waals surface area (Å²) < 4.78 is 2.12. The lowest BCUT2D eigenvalue weighted by Gasteiger charge is -2.34. The van der Waals surface area contributed by atoms with Crippen LogP contribution in [-0.2, 0) is 11.3 Å². The van der Waals surface area contributed by atoms with Gasteiger partial charge in [-0.3, -0.25) is 9.48 Å². The largest absolute Gasteiger partial charge is 0.356 e. The molecule has 2 aliphatic rings. The van der Waals surface area contributed by atoms with E-state index in [2.05, 4.69) is 39.9 Å². The lowest BCUT2D eigenvalue weighted by molar-refractivity contribution is -0.126. The topological polar surface area (TPSA) is 50.2 Å². The van der Waals surface area contributed by atoms with Gasteiger partial charge in [0.25, 0.3) is 0 Å². The number of likely N-dealkylation sites (tertiary alicyclic amines) is 1. The highest BCUT2D eigenvalue weighted by Gasteiger charge is 2.27. The molecule has 1 unspecified atom stereocenters. The number of aromatic nitrogens is 2. The van der Waals surface area contributed by atoms with E-state index in [9.17, 15) is 4.79 Å². The Kier molecular flexibility index (Phi) is 5.36. The number of piperidine rings is 1. The molecule has 1 aromatic rings. The number of amides is 1. The van der Waals surface area contributed by atoms with Crippen LogP contribution in [0.15, 0.2) is 12.3 Å². The van der Waals surface area contributed by atoms with Crippen molar-refractivity contribution in [2.45, 2.75) is 64.5 Å². The molecule has 1 aliphatic heterocycles. The first-order chi connectivity index (χ1) is 11.1. The van der Waals surface area contributed by atoms with Gasteiger partial charge in [-0.2, -0.15) is 5.10 Å². The zero-order valence-electron chi connectivity index (χ0n) is 14.5. The Labute approximate surface area is 139 Å². The molecular weight excluding hydrogens is 288 g/mol. The Morgan fingerprint density at radius 1 is 1.39 bits per heavy atom. The van der Waals surface area contributed by atoms with Crippen LogP contribution >= 0.6 is 0 Å². The lowest BCUT2D eigenvalue weighted by Crippen LogP contribution is -2.45. The van der Waals surface area contributed by atoms with Crippen LogP contribution < -0.4 is 5.32 Å². The summed E-state index contributed by atoms with van der Waals surface area (Å²) in [6.45, 7) is 8.12. The van der Waals surface area contributed by atoms with Gasteiger partial charge in [-0.15, -0.1) is 0 Å². The van der Waals surface area contributed by atoms with E-state index in [1.807, 2.05) is 6.20 Å². The number of aryl methyl sites for hydroxylation is 1. The zero-order chi connectivity index (χ0) is 16.2. The second-order valence-corrected chi connectivity index (χ2v) is 7.33. The molecule has 1 aliphatic carbocycles. The Hall–Kier alpha value is -1.36. The number of carbonyl (C=O) groups is 1. The van der Waals surface area contributed by atoms with Gasteiger partial charge in [0.1, 0.15) is 0 Å². The molecule has 1 aromatic heterocycles. The van der Waals surface area contributed by atoms with Gasteiger partial charge in [0.2, 0.25) is 5.91 Å². The molecule has 0 spiro atoms. The molecule has 2 fully saturated rings. The van der Waals surface area contributed by atoms with Crippen LogP contribution in [0, 0.1) is 5.92 Å². The highest BCUT2D eigenvalue weighted by atomic mass is 16.1. The summed E-state index contributed by atoms with van der Waals surface area (Å²) in [7, 11) is 0. The molecule has 5 heteroatoms. The summed E-state index contributed by atoms with van der Waals surface area (Å²) in [6.07, 6.45) is 7.61. The van der Waals surface area contributed by atoms with E-state index >= 15 is 0 Å². The molecule has 0 radical (unpaired) electrons. The second-order valence-electron chi connectivity index (χ2n) is 7.33. The fourth-order valence-corrected chi connectivity index (χ4v) is 3.53. The van der Waals surface area contributed by atoms with Crippen LogP contribution in [0.4, 0.5) is 0 Å². The third kappa shape index (κ3) is 4.34. The van der Waals surface area contributed by atoms with Crippen LogP contribution in [0.5, 0.6) is 0 Å². The molecule has 1 saturated carbocycles. The van der Waals surface area contributed by atoms with E-state index in [-0.39, 0.29) is 11.8 Å². The average Bonchev–Trinajstić information content (AvgIpc) is 3.30. The van der Waals surface area contributed by atoms with Gasteiger partial charge in [-0.25, -0.2) is 0 Å². The minimum absolute atomic E-state index is 0.165. The van der Waals surface area contributed by atoms with Gasteiger partial charge in [0, 0.05) is 43.5 Å². The summed E-state index contributed by atoms with van der Waals surface area (Å²) in [5, 5.41) is 7.54. The van der Waals surface area contributed by atoms with Gasteiger partial charge >= 0.3 is 0 Å². The Morgan fingerprint density at radius 2 is 2.22 bits per heavy atom. The van der Waals surface area contributed by atoms with Crippen molar-refractivity contribution in [3.05, 3.63) is 18.0 Å². The molecule has 1 atom stereocenters. The predicted molar refractivity (Wildman–Crippen MR) is 91.3 cm³/mol. The first-order valence-corrected chi connectivity index (χ1v) is 9.18. The fraction of sp³-hybridized carbons (Fsp3) is 0.778. The molecule has 1 saturated heterocycles. The van der Waals surface area contributed by atoms with Crippen molar-refractivity contribution in [2.75, 3.05) is 19.6 Å². The van der Waals surface area contributed by atoms with Crippen LogP contribution in [-0.4, -0.2) is 46.3 Å². The SMILES string of the molecule is CC(C)N1CCCC(C(=O)NCCCn2nccc2C2CC2)C1. The van der Waals surface area contributed by atoms with E-state index in [1.54, 1.807) is 0 Å². The van der Waals surface area contributed by atoms with E-state index in [1.165, 1.54) is 18.5 Å². The molecule has 1 amide bonds. The van der Waals surface area contributed by atoms with Gasteiger partial charge in [0.15, 0.2) is 0 Å². The van der Waals surface area contributed by atoms with Crippen LogP contribution in [0.25, 0.3) is 0 Å². The third-order valence-corrected chi connectivity index (χ3v) is 5.14. The van der Waals surface area contributed by atoms with E-state index in [4.69, 9.17) is 0 Å². The van der Waals surface area contributed by atoms with Gasteiger partial charge in [-0.1, -0.05) is 0 Å². The predicted octanol–water partition coefficient (Wildman–Crippen LogP) is 2.39. The number of hydrogen-bond acceptors (Lipinski definition) is 3. The number of hydrogen-bond donors (Lipinski definition) is 1. The van der Waals surface area contributed by atoms with Gasteiger partial charge < -0.3 is 10.2 Å². The molecule has 2 heterocycles. The average molecular weight is 318 g/mol. The molecule has 5 nitrogen and oxygen atoms in total. The first-order valence-electron chi connectivity index (χ1n) is 9.18. The third-order valence-electron chi connectivity index (χ3n) is 5.14. The highest BCUT2D eigenvalue weighted by Crippen LogP contribution is 2.39. The van der Waals surface area contributed by atoms with E-state index in [0.717, 1.165) is 51.4 Å². The van der Waals surface area contributed by atoms with Crippen molar-refractivity contribution in [1.29, 1.82) is 0 Å². The minimum atomic E-state index is 0.165. The number of nitrogens with zero attached hydrogens (tertiary/aromatic N) is 3. The molecule has 0 aromatic carbocycles. The van der Waals surface area contributed by atoms with Crippen molar-refractivity contribution < 1.29 is 4.79 Å². The molecule has 1 N–H and O–H groups in total. The summed E-state index contributed by atoms with van der Waals surface area (Å²) in [4.78, 5) is 14.8. The Bertz CT molecular complexity index is 521. The lowest BCUT2D eigenvalue weighted by atomic mass is 9.96. The summed E-state index contributed by atoms with van der Waals surface area (Å²) in [5.74, 6) is 1.13. The van der Waals surface area contributed by atoms with Crippen molar-refractivity contribution in [3.8, 4) is 0 Å². The van der Waals surface area contributed by atoms with E-state index in [0.29, 0.717) is 6.04 Å². The Morgan fingerprint density at radius 3 is 2.96 bits per heavy atom. The molecule has 0 bridgehead atoms. The van der Waals surface area contributed by atoms with Gasteiger partial charge in [0.05, 0.1) is 5.92 Å². The highest BCUT2D eigenvalue weighted by molar-refractivity contribution is 5.78. The van der Waals surface area contributed by atoms with Gasteiger partial charge in [-0.05, 0) is 58.6 Å². The van der Waals surface area contributed by atoms with Crippen molar-refractivity contribution >= 4 is 5.91 Å². The van der Waals surface area contributed by atoms with Crippen molar-refractivity contribution in [1.82, 2.24) is 20.0 Å². The zero-order valence-corrected chi connectivity index (χ0v) is 14.5. The Balaban J connectivity index is 1.38. The van der Waals surface area contributed by atoms with Crippen molar-refractivity contribution in [3.63, 3.8) is 0 Å². The molecule has 3 rings (SSSR count). The molecular formula is C18H30N4O. The quantitative estimate of drug-likeness (QED) is 0.785. The number of rotatable bonds is 7.